The molecule has 2 aromatic heterocycles. The molecular formula is C21H24N4O2. The number of benzene rings is 1. The van der Waals surface area contributed by atoms with Crippen molar-refractivity contribution in [3.63, 3.8) is 0 Å². The van der Waals surface area contributed by atoms with Crippen molar-refractivity contribution < 1.29 is 9.53 Å². The molecule has 1 saturated heterocycles. The highest BCUT2D eigenvalue weighted by Gasteiger charge is 2.20. The summed E-state index contributed by atoms with van der Waals surface area (Å²) in [6.07, 6.45) is 4.97. The molecular weight excluding hydrogens is 340 g/mol. The molecule has 1 aliphatic rings. The Hall–Kier alpha value is -2.86. The first-order valence-corrected chi connectivity index (χ1v) is 9.37. The van der Waals surface area contributed by atoms with Crippen LogP contribution in [-0.2, 0) is 6.61 Å². The SMILES string of the molecule is Cc1ccc2nc(COc3ccccc3C(=O)N3CCCNCC3)cn2c1. The number of hydrogen-bond acceptors (Lipinski definition) is 4. The van der Waals surface area contributed by atoms with E-state index < -0.39 is 0 Å². The average molecular weight is 364 g/mol. The standard InChI is InChI=1S/C21H24N4O2/c1-16-7-8-20-23-17(14-25(20)13-16)15-27-19-6-3-2-5-18(19)21(26)24-11-4-9-22-10-12-24/h2-3,5-8,13-14,22H,4,9-12,15H2,1H3. The highest BCUT2D eigenvalue weighted by Crippen LogP contribution is 2.22. The second kappa shape index (κ2) is 7.80. The Morgan fingerprint density at radius 3 is 2.96 bits per heavy atom. The smallest absolute Gasteiger partial charge is 0.257 e. The number of rotatable bonds is 4. The van der Waals surface area contributed by atoms with Gasteiger partial charge >= 0.3 is 0 Å². The number of nitrogens with one attached hydrogen (secondary N) is 1. The highest BCUT2D eigenvalue weighted by molar-refractivity contribution is 5.97. The molecule has 0 unspecified atom stereocenters. The molecule has 0 aliphatic carbocycles. The van der Waals surface area contributed by atoms with Gasteiger partial charge in [0.15, 0.2) is 0 Å². The number of aromatic nitrogens is 2. The van der Waals surface area contributed by atoms with Crippen LogP contribution in [0.4, 0.5) is 0 Å². The molecule has 4 rings (SSSR count). The van der Waals surface area contributed by atoms with Gasteiger partial charge in [-0.25, -0.2) is 4.98 Å². The first kappa shape index (κ1) is 17.5. The van der Waals surface area contributed by atoms with Crippen LogP contribution in [0.2, 0.25) is 0 Å². The number of nitrogens with zero attached hydrogens (tertiary/aromatic N) is 3. The van der Waals surface area contributed by atoms with Gasteiger partial charge in [0.25, 0.3) is 5.91 Å². The summed E-state index contributed by atoms with van der Waals surface area (Å²) in [5, 5.41) is 3.33. The number of pyridine rings is 1. The van der Waals surface area contributed by atoms with Gasteiger partial charge < -0.3 is 19.4 Å². The number of amides is 1. The Kier molecular flexibility index (Phi) is 5.07. The minimum absolute atomic E-state index is 0.0277. The third-order valence-corrected chi connectivity index (χ3v) is 4.77. The van der Waals surface area contributed by atoms with Gasteiger partial charge in [-0.15, -0.1) is 0 Å². The van der Waals surface area contributed by atoms with Gasteiger partial charge in [-0.1, -0.05) is 18.2 Å². The van der Waals surface area contributed by atoms with Crippen LogP contribution < -0.4 is 10.1 Å². The Morgan fingerprint density at radius 1 is 1.15 bits per heavy atom. The third kappa shape index (κ3) is 3.95. The van der Waals surface area contributed by atoms with Crippen molar-refractivity contribution in [3.05, 3.63) is 65.6 Å². The maximum Gasteiger partial charge on any atom is 0.257 e. The van der Waals surface area contributed by atoms with Crippen molar-refractivity contribution in [2.24, 2.45) is 0 Å². The van der Waals surface area contributed by atoms with Gasteiger partial charge in [0, 0.05) is 32.0 Å². The molecule has 0 spiro atoms. The quantitative estimate of drug-likeness (QED) is 0.773. The maximum atomic E-state index is 13.0. The van der Waals surface area contributed by atoms with E-state index in [1.54, 1.807) is 0 Å². The Bertz CT molecular complexity index is 942. The predicted molar refractivity (Wildman–Crippen MR) is 104 cm³/mol. The highest BCUT2D eigenvalue weighted by atomic mass is 16.5. The number of aryl methyl sites for hydroxylation is 1. The summed E-state index contributed by atoms with van der Waals surface area (Å²) in [6, 6.07) is 11.5. The number of carbonyl (C=O) groups excluding carboxylic acids is 1. The topological polar surface area (TPSA) is 58.9 Å². The normalized spacial score (nSPS) is 14.9. The van der Waals surface area contributed by atoms with Gasteiger partial charge in [0.05, 0.1) is 11.3 Å². The summed E-state index contributed by atoms with van der Waals surface area (Å²) in [5.41, 5.74) is 3.51. The monoisotopic (exact) mass is 364 g/mol. The molecule has 6 heteroatoms. The number of fused-ring (bicyclic) bond motifs is 1. The van der Waals surface area contributed by atoms with Gasteiger partial charge in [-0.05, 0) is 43.7 Å². The van der Waals surface area contributed by atoms with Crippen molar-refractivity contribution in [1.82, 2.24) is 19.6 Å². The van der Waals surface area contributed by atoms with Crippen molar-refractivity contribution in [2.75, 3.05) is 26.2 Å². The molecule has 1 amide bonds. The Labute approximate surface area is 158 Å². The summed E-state index contributed by atoms with van der Waals surface area (Å²) in [5.74, 6) is 0.632. The van der Waals surface area contributed by atoms with E-state index in [0.29, 0.717) is 17.9 Å². The van der Waals surface area contributed by atoms with Gasteiger partial charge in [-0.2, -0.15) is 0 Å². The molecule has 0 atom stereocenters. The van der Waals surface area contributed by atoms with Crippen LogP contribution in [0.15, 0.2) is 48.8 Å². The molecule has 0 saturated carbocycles. The molecule has 0 radical (unpaired) electrons. The first-order chi connectivity index (χ1) is 13.2. The number of hydrogen-bond donors (Lipinski definition) is 1. The van der Waals surface area contributed by atoms with E-state index in [2.05, 4.69) is 17.2 Å². The van der Waals surface area contributed by atoms with Crippen LogP contribution in [-0.4, -0.2) is 46.4 Å². The second-order valence-corrected chi connectivity index (χ2v) is 6.88. The van der Waals surface area contributed by atoms with E-state index in [1.807, 2.05) is 58.1 Å². The minimum atomic E-state index is 0.0277. The van der Waals surface area contributed by atoms with E-state index in [0.717, 1.165) is 43.9 Å². The fourth-order valence-corrected chi connectivity index (χ4v) is 3.37. The van der Waals surface area contributed by atoms with Crippen LogP contribution in [0.5, 0.6) is 5.75 Å². The second-order valence-electron chi connectivity index (χ2n) is 6.88. The van der Waals surface area contributed by atoms with Crippen molar-refractivity contribution in [3.8, 4) is 5.75 Å². The fourth-order valence-electron chi connectivity index (χ4n) is 3.37. The van der Waals surface area contributed by atoms with Crippen LogP contribution in [0.1, 0.15) is 28.0 Å². The number of para-hydroxylation sites is 1. The largest absolute Gasteiger partial charge is 0.486 e. The van der Waals surface area contributed by atoms with Gasteiger partial charge in [0.2, 0.25) is 0 Å². The molecule has 27 heavy (non-hydrogen) atoms. The van der Waals surface area contributed by atoms with Gasteiger partial charge in [0.1, 0.15) is 18.0 Å². The summed E-state index contributed by atoms with van der Waals surface area (Å²) in [7, 11) is 0. The van der Waals surface area contributed by atoms with Gasteiger partial charge in [-0.3, -0.25) is 4.79 Å². The number of imidazole rings is 1. The van der Waals surface area contributed by atoms with Crippen molar-refractivity contribution in [2.45, 2.75) is 20.0 Å². The van der Waals surface area contributed by atoms with Crippen molar-refractivity contribution >= 4 is 11.6 Å². The summed E-state index contributed by atoms with van der Waals surface area (Å²) < 4.78 is 7.98. The molecule has 1 N–H and O–H groups in total. The van der Waals surface area contributed by atoms with E-state index in [1.165, 1.54) is 5.56 Å². The number of ether oxygens (including phenoxy) is 1. The molecule has 140 valence electrons. The first-order valence-electron chi connectivity index (χ1n) is 9.37. The lowest BCUT2D eigenvalue weighted by atomic mass is 10.1. The average Bonchev–Trinajstić information content (AvgIpc) is 2.89. The Balaban J connectivity index is 1.51. The lowest BCUT2D eigenvalue weighted by Gasteiger charge is -2.21. The zero-order valence-electron chi connectivity index (χ0n) is 15.5. The molecule has 1 fully saturated rings. The lowest BCUT2D eigenvalue weighted by Crippen LogP contribution is -2.34. The van der Waals surface area contributed by atoms with Crippen LogP contribution in [0, 0.1) is 6.92 Å². The molecule has 0 bridgehead atoms. The maximum absolute atomic E-state index is 13.0. The molecule has 6 nitrogen and oxygen atoms in total. The fraction of sp³-hybridized carbons (Fsp3) is 0.333. The molecule has 1 aliphatic heterocycles. The third-order valence-electron chi connectivity index (χ3n) is 4.77. The zero-order valence-corrected chi connectivity index (χ0v) is 15.5. The molecule has 3 aromatic rings. The Morgan fingerprint density at radius 2 is 2.04 bits per heavy atom. The van der Waals surface area contributed by atoms with Crippen LogP contribution in [0.3, 0.4) is 0 Å². The lowest BCUT2D eigenvalue weighted by molar-refractivity contribution is 0.0761. The van der Waals surface area contributed by atoms with E-state index in [9.17, 15) is 4.79 Å². The van der Waals surface area contributed by atoms with E-state index >= 15 is 0 Å². The molecule has 3 heterocycles. The summed E-state index contributed by atoms with van der Waals surface area (Å²) in [6.45, 7) is 5.65. The zero-order chi connectivity index (χ0) is 18.6. The summed E-state index contributed by atoms with van der Waals surface area (Å²) in [4.78, 5) is 19.4. The van der Waals surface area contributed by atoms with Crippen molar-refractivity contribution in [1.29, 1.82) is 0 Å². The minimum Gasteiger partial charge on any atom is -0.486 e. The number of carbonyl (C=O) groups is 1. The molecule has 1 aromatic carbocycles. The van der Waals surface area contributed by atoms with E-state index in [4.69, 9.17) is 4.74 Å². The van der Waals surface area contributed by atoms with Crippen LogP contribution in [0.25, 0.3) is 5.65 Å². The van der Waals surface area contributed by atoms with E-state index in [-0.39, 0.29) is 5.91 Å². The predicted octanol–water partition coefficient (Wildman–Crippen LogP) is 2.66. The van der Waals surface area contributed by atoms with Crippen LogP contribution >= 0.6 is 0 Å². The summed E-state index contributed by atoms with van der Waals surface area (Å²) >= 11 is 0.